The highest BCUT2D eigenvalue weighted by Crippen LogP contribution is 2.31. The minimum absolute atomic E-state index is 0.110. The molecule has 0 aliphatic rings. The summed E-state index contributed by atoms with van der Waals surface area (Å²) in [6.07, 6.45) is -0.354. The van der Waals surface area contributed by atoms with Crippen LogP contribution in [0.25, 0.3) is 0 Å². The number of nitrogens with one attached hydrogen (secondary N) is 1. The van der Waals surface area contributed by atoms with Gasteiger partial charge in [-0.2, -0.15) is 0 Å². The minimum atomic E-state index is -0.354. The van der Waals surface area contributed by atoms with Gasteiger partial charge in [-0.1, -0.05) is 39.0 Å². The SMILES string of the molecule is CNCC(O)CN(C)c1ccccc1C(C)(C)C. The summed E-state index contributed by atoms with van der Waals surface area (Å²) in [7, 11) is 3.88. The minimum Gasteiger partial charge on any atom is -0.390 e. The summed E-state index contributed by atoms with van der Waals surface area (Å²) in [4.78, 5) is 2.13. The molecule has 2 N–H and O–H groups in total. The fraction of sp³-hybridized carbons (Fsp3) is 0.600. The first kappa shape index (κ1) is 15.0. The Labute approximate surface area is 111 Å². The van der Waals surface area contributed by atoms with E-state index in [-0.39, 0.29) is 11.5 Å². The standard InChI is InChI=1S/C15H26N2O/c1-15(2,3)13-8-6-7-9-14(13)17(5)11-12(18)10-16-4/h6-9,12,16,18H,10-11H2,1-5H3. The zero-order chi connectivity index (χ0) is 13.8. The van der Waals surface area contributed by atoms with Crippen molar-refractivity contribution in [2.45, 2.75) is 32.3 Å². The summed E-state index contributed by atoms with van der Waals surface area (Å²) in [6, 6.07) is 8.40. The Morgan fingerprint density at radius 3 is 2.44 bits per heavy atom. The van der Waals surface area contributed by atoms with Crippen molar-refractivity contribution in [3.8, 4) is 0 Å². The average Bonchev–Trinajstić information content (AvgIpc) is 2.28. The van der Waals surface area contributed by atoms with Crippen LogP contribution in [-0.2, 0) is 5.41 Å². The van der Waals surface area contributed by atoms with E-state index in [1.165, 1.54) is 11.3 Å². The van der Waals surface area contributed by atoms with Gasteiger partial charge in [-0.05, 0) is 24.1 Å². The average molecular weight is 250 g/mol. The first-order valence-corrected chi connectivity index (χ1v) is 6.49. The molecule has 0 aliphatic carbocycles. The van der Waals surface area contributed by atoms with Crippen LogP contribution in [0.15, 0.2) is 24.3 Å². The van der Waals surface area contributed by atoms with Gasteiger partial charge >= 0.3 is 0 Å². The molecule has 1 aromatic carbocycles. The molecule has 0 spiro atoms. The lowest BCUT2D eigenvalue weighted by molar-refractivity contribution is 0.181. The van der Waals surface area contributed by atoms with Crippen LogP contribution in [0.5, 0.6) is 0 Å². The normalized spacial score (nSPS) is 13.4. The second-order valence-corrected chi connectivity index (χ2v) is 5.86. The highest BCUT2D eigenvalue weighted by atomic mass is 16.3. The van der Waals surface area contributed by atoms with E-state index < -0.39 is 0 Å². The second-order valence-electron chi connectivity index (χ2n) is 5.86. The number of hydrogen-bond acceptors (Lipinski definition) is 3. The third-order valence-electron chi connectivity index (χ3n) is 3.05. The Hall–Kier alpha value is -1.06. The van der Waals surface area contributed by atoms with Crippen molar-refractivity contribution in [2.24, 2.45) is 0 Å². The maximum absolute atomic E-state index is 9.87. The highest BCUT2D eigenvalue weighted by molar-refractivity contribution is 5.55. The van der Waals surface area contributed by atoms with Gasteiger partial charge in [-0.15, -0.1) is 0 Å². The molecule has 3 nitrogen and oxygen atoms in total. The molecule has 1 aromatic rings. The quantitative estimate of drug-likeness (QED) is 0.839. The molecule has 0 aliphatic heterocycles. The molecule has 1 rings (SSSR count). The molecule has 18 heavy (non-hydrogen) atoms. The molecule has 0 fully saturated rings. The van der Waals surface area contributed by atoms with Gasteiger partial charge in [0.2, 0.25) is 0 Å². The van der Waals surface area contributed by atoms with Crippen molar-refractivity contribution in [3.05, 3.63) is 29.8 Å². The monoisotopic (exact) mass is 250 g/mol. The van der Waals surface area contributed by atoms with Crippen LogP contribution in [0.4, 0.5) is 5.69 Å². The lowest BCUT2D eigenvalue weighted by Gasteiger charge is -2.30. The number of likely N-dealkylation sites (N-methyl/N-ethyl adjacent to an activating group) is 2. The van der Waals surface area contributed by atoms with Gasteiger partial charge in [0.1, 0.15) is 0 Å². The van der Waals surface area contributed by atoms with E-state index in [0.717, 1.165) is 0 Å². The summed E-state index contributed by atoms with van der Waals surface area (Å²) in [5.74, 6) is 0. The molecular formula is C15H26N2O. The van der Waals surface area contributed by atoms with E-state index in [4.69, 9.17) is 0 Å². The Morgan fingerprint density at radius 2 is 1.89 bits per heavy atom. The summed E-state index contributed by atoms with van der Waals surface area (Å²) in [5.41, 5.74) is 2.61. The Bertz CT molecular complexity index is 371. The van der Waals surface area contributed by atoms with E-state index in [2.05, 4.69) is 49.2 Å². The fourth-order valence-corrected chi connectivity index (χ4v) is 2.16. The Morgan fingerprint density at radius 1 is 1.28 bits per heavy atom. The van der Waals surface area contributed by atoms with Crippen LogP contribution < -0.4 is 10.2 Å². The van der Waals surface area contributed by atoms with E-state index in [9.17, 15) is 5.11 Å². The molecule has 1 unspecified atom stereocenters. The predicted molar refractivity (Wildman–Crippen MR) is 78.3 cm³/mol. The van der Waals surface area contributed by atoms with Crippen LogP contribution in [0.1, 0.15) is 26.3 Å². The number of aliphatic hydroxyl groups excluding tert-OH is 1. The number of benzene rings is 1. The van der Waals surface area contributed by atoms with Gasteiger partial charge in [-0.25, -0.2) is 0 Å². The highest BCUT2D eigenvalue weighted by Gasteiger charge is 2.20. The van der Waals surface area contributed by atoms with Gasteiger partial charge in [-0.3, -0.25) is 0 Å². The first-order valence-electron chi connectivity index (χ1n) is 6.49. The largest absolute Gasteiger partial charge is 0.390 e. The summed E-state index contributed by atoms with van der Waals surface area (Å²) in [6.45, 7) is 7.88. The van der Waals surface area contributed by atoms with Crippen molar-refractivity contribution in [2.75, 3.05) is 32.1 Å². The molecule has 102 valence electrons. The molecule has 0 amide bonds. The van der Waals surface area contributed by atoms with Crippen molar-refractivity contribution in [1.29, 1.82) is 0 Å². The topological polar surface area (TPSA) is 35.5 Å². The van der Waals surface area contributed by atoms with Crippen molar-refractivity contribution in [3.63, 3.8) is 0 Å². The summed E-state index contributed by atoms with van der Waals surface area (Å²) in [5, 5.41) is 12.9. The number of aliphatic hydroxyl groups is 1. The maximum Gasteiger partial charge on any atom is 0.0838 e. The molecule has 0 radical (unpaired) electrons. The van der Waals surface area contributed by atoms with Gasteiger partial charge in [0.25, 0.3) is 0 Å². The zero-order valence-electron chi connectivity index (χ0n) is 12.2. The molecule has 0 saturated heterocycles. The predicted octanol–water partition coefficient (Wildman–Crippen LogP) is 2.00. The maximum atomic E-state index is 9.87. The van der Waals surface area contributed by atoms with Crippen LogP contribution in [-0.4, -0.2) is 38.4 Å². The number of para-hydroxylation sites is 1. The van der Waals surface area contributed by atoms with Crippen LogP contribution >= 0.6 is 0 Å². The molecule has 0 heterocycles. The summed E-state index contributed by atoms with van der Waals surface area (Å²) < 4.78 is 0. The van der Waals surface area contributed by atoms with Gasteiger partial charge in [0.05, 0.1) is 6.10 Å². The lowest BCUT2D eigenvalue weighted by atomic mass is 9.85. The molecule has 1 atom stereocenters. The van der Waals surface area contributed by atoms with Crippen LogP contribution in [0, 0.1) is 0 Å². The van der Waals surface area contributed by atoms with E-state index in [1.54, 1.807) is 0 Å². The van der Waals surface area contributed by atoms with Crippen molar-refractivity contribution >= 4 is 5.69 Å². The molecule has 0 bridgehead atoms. The molecular weight excluding hydrogens is 224 g/mol. The number of nitrogens with zero attached hydrogens (tertiary/aromatic N) is 1. The van der Waals surface area contributed by atoms with E-state index >= 15 is 0 Å². The van der Waals surface area contributed by atoms with E-state index in [0.29, 0.717) is 13.1 Å². The molecule has 0 aromatic heterocycles. The van der Waals surface area contributed by atoms with Gasteiger partial charge in [0, 0.05) is 25.8 Å². The summed E-state index contributed by atoms with van der Waals surface area (Å²) >= 11 is 0. The second kappa shape index (κ2) is 6.21. The number of rotatable bonds is 5. The Balaban J connectivity index is 2.89. The molecule has 3 heteroatoms. The zero-order valence-corrected chi connectivity index (χ0v) is 12.2. The first-order chi connectivity index (χ1) is 8.36. The van der Waals surface area contributed by atoms with Crippen molar-refractivity contribution < 1.29 is 5.11 Å². The van der Waals surface area contributed by atoms with Gasteiger partial charge < -0.3 is 15.3 Å². The number of anilines is 1. The van der Waals surface area contributed by atoms with E-state index in [1.807, 2.05) is 20.2 Å². The number of hydrogen-bond donors (Lipinski definition) is 2. The van der Waals surface area contributed by atoms with Crippen LogP contribution in [0.2, 0.25) is 0 Å². The Kier molecular flexibility index (Phi) is 5.17. The smallest absolute Gasteiger partial charge is 0.0838 e. The molecule has 0 saturated carbocycles. The third kappa shape index (κ3) is 4.00. The lowest BCUT2D eigenvalue weighted by Crippen LogP contribution is -2.36. The van der Waals surface area contributed by atoms with Crippen molar-refractivity contribution in [1.82, 2.24) is 5.32 Å². The van der Waals surface area contributed by atoms with Gasteiger partial charge in [0.15, 0.2) is 0 Å². The third-order valence-corrected chi connectivity index (χ3v) is 3.05. The fourth-order valence-electron chi connectivity index (χ4n) is 2.16. The van der Waals surface area contributed by atoms with Crippen LogP contribution in [0.3, 0.4) is 0 Å².